The van der Waals surface area contributed by atoms with Crippen LogP contribution in [0.25, 0.3) is 10.9 Å². The second-order valence-electron chi connectivity index (χ2n) is 9.81. The average Bonchev–Trinajstić information content (AvgIpc) is 3.39. The first-order valence-electron chi connectivity index (χ1n) is 13.5. The summed E-state index contributed by atoms with van der Waals surface area (Å²) in [4.78, 5) is 33.9. The second-order valence-corrected chi connectivity index (χ2v) is 9.81. The third kappa shape index (κ3) is 7.64. The Morgan fingerprint density at radius 2 is 1.65 bits per heavy atom. The van der Waals surface area contributed by atoms with Gasteiger partial charge in [0.2, 0.25) is 5.91 Å². The van der Waals surface area contributed by atoms with Crippen LogP contribution < -0.4 is 10.1 Å². The third-order valence-electron chi connectivity index (χ3n) is 6.91. The van der Waals surface area contributed by atoms with Crippen LogP contribution in [0.4, 0.5) is 10.5 Å². The Labute approximate surface area is 235 Å². The van der Waals surface area contributed by atoms with Crippen LogP contribution in [-0.4, -0.2) is 67.2 Å². The summed E-state index contributed by atoms with van der Waals surface area (Å²) in [7, 11) is 3.18. The number of methoxy groups -OCH3 is 2. The molecular formula is C32H38N4O4. The average molecular weight is 543 g/mol. The maximum absolute atomic E-state index is 13.8. The maximum Gasteiger partial charge on any atom is 0.322 e. The molecule has 210 valence electrons. The van der Waals surface area contributed by atoms with Gasteiger partial charge in [-0.15, -0.1) is 0 Å². The molecule has 8 heteroatoms. The molecule has 0 spiro atoms. The number of ether oxygens (including phenoxy) is 2. The van der Waals surface area contributed by atoms with E-state index < -0.39 is 0 Å². The largest absolute Gasteiger partial charge is 0.495 e. The number of amides is 3. The van der Waals surface area contributed by atoms with Crippen molar-refractivity contribution in [3.63, 3.8) is 0 Å². The van der Waals surface area contributed by atoms with E-state index in [1.165, 1.54) is 0 Å². The number of rotatable bonds is 13. The van der Waals surface area contributed by atoms with Gasteiger partial charge in [-0.3, -0.25) is 4.79 Å². The highest BCUT2D eigenvalue weighted by Crippen LogP contribution is 2.24. The van der Waals surface area contributed by atoms with Crippen molar-refractivity contribution in [2.24, 2.45) is 0 Å². The van der Waals surface area contributed by atoms with Gasteiger partial charge in [-0.25, -0.2) is 4.79 Å². The molecule has 0 fully saturated rings. The van der Waals surface area contributed by atoms with Crippen LogP contribution in [-0.2, 0) is 22.5 Å². The molecule has 0 aliphatic carbocycles. The number of benzene rings is 3. The Morgan fingerprint density at radius 1 is 0.900 bits per heavy atom. The minimum atomic E-state index is -0.360. The van der Waals surface area contributed by atoms with Gasteiger partial charge in [0.1, 0.15) is 12.3 Å². The van der Waals surface area contributed by atoms with Crippen molar-refractivity contribution < 1.29 is 19.1 Å². The van der Waals surface area contributed by atoms with Gasteiger partial charge in [-0.2, -0.15) is 0 Å². The van der Waals surface area contributed by atoms with Crippen LogP contribution in [0.15, 0.2) is 79.0 Å². The molecule has 0 bridgehead atoms. The number of nitrogens with zero attached hydrogens (tertiary/aromatic N) is 2. The van der Waals surface area contributed by atoms with Crippen molar-refractivity contribution >= 4 is 28.5 Å². The van der Waals surface area contributed by atoms with E-state index >= 15 is 0 Å². The van der Waals surface area contributed by atoms with Gasteiger partial charge in [0.05, 0.1) is 12.8 Å². The van der Waals surface area contributed by atoms with E-state index in [0.717, 1.165) is 27.6 Å². The van der Waals surface area contributed by atoms with E-state index in [0.29, 0.717) is 50.5 Å². The van der Waals surface area contributed by atoms with Gasteiger partial charge in [-0.1, -0.05) is 60.2 Å². The summed E-state index contributed by atoms with van der Waals surface area (Å²) >= 11 is 0. The number of carbonyl (C=O) groups excluding carboxylic acids is 2. The fourth-order valence-corrected chi connectivity index (χ4v) is 4.66. The van der Waals surface area contributed by atoms with Crippen molar-refractivity contribution in [2.75, 3.05) is 45.8 Å². The normalized spacial score (nSPS) is 10.9. The van der Waals surface area contributed by atoms with Crippen LogP contribution in [0.3, 0.4) is 0 Å². The van der Waals surface area contributed by atoms with Gasteiger partial charge < -0.3 is 29.6 Å². The monoisotopic (exact) mass is 542 g/mol. The van der Waals surface area contributed by atoms with Crippen LogP contribution >= 0.6 is 0 Å². The van der Waals surface area contributed by atoms with E-state index in [4.69, 9.17) is 9.47 Å². The molecule has 0 atom stereocenters. The second kappa shape index (κ2) is 14.2. The van der Waals surface area contributed by atoms with Gasteiger partial charge in [0.25, 0.3) is 0 Å². The molecule has 1 aromatic heterocycles. The first-order chi connectivity index (χ1) is 19.5. The Kier molecular flexibility index (Phi) is 10.2. The van der Waals surface area contributed by atoms with E-state index in [1.54, 1.807) is 31.3 Å². The summed E-state index contributed by atoms with van der Waals surface area (Å²) in [5, 5.41) is 4.06. The molecule has 1 heterocycles. The lowest BCUT2D eigenvalue weighted by Crippen LogP contribution is -2.45. The highest BCUT2D eigenvalue weighted by atomic mass is 16.5. The topological polar surface area (TPSA) is 86.9 Å². The number of hydrogen-bond acceptors (Lipinski definition) is 4. The maximum atomic E-state index is 13.8. The molecule has 0 saturated carbocycles. The zero-order valence-corrected chi connectivity index (χ0v) is 23.5. The predicted octanol–water partition coefficient (Wildman–Crippen LogP) is 5.63. The van der Waals surface area contributed by atoms with Crippen molar-refractivity contribution in [3.05, 3.63) is 95.7 Å². The van der Waals surface area contributed by atoms with E-state index in [9.17, 15) is 9.59 Å². The Bertz CT molecular complexity index is 1400. The first-order valence-corrected chi connectivity index (χ1v) is 13.5. The Hall–Kier alpha value is -4.30. The Balaban J connectivity index is 1.52. The summed E-state index contributed by atoms with van der Waals surface area (Å²) in [6.45, 7) is 3.84. The molecule has 0 radical (unpaired) electrons. The molecule has 4 aromatic rings. The lowest BCUT2D eigenvalue weighted by molar-refractivity contribution is -0.132. The molecule has 0 saturated heterocycles. The van der Waals surface area contributed by atoms with E-state index in [2.05, 4.69) is 28.5 Å². The number of urea groups is 1. The lowest BCUT2D eigenvalue weighted by atomic mass is 10.1. The molecule has 3 amide bonds. The highest BCUT2D eigenvalue weighted by molar-refractivity contribution is 5.93. The van der Waals surface area contributed by atoms with Crippen molar-refractivity contribution in [1.82, 2.24) is 14.8 Å². The van der Waals surface area contributed by atoms with Gasteiger partial charge in [-0.05, 0) is 49.1 Å². The van der Waals surface area contributed by atoms with Crippen molar-refractivity contribution in [2.45, 2.75) is 26.3 Å². The van der Waals surface area contributed by atoms with Gasteiger partial charge in [0.15, 0.2) is 0 Å². The van der Waals surface area contributed by atoms with Crippen LogP contribution in [0.5, 0.6) is 5.75 Å². The predicted molar refractivity (Wildman–Crippen MR) is 159 cm³/mol. The van der Waals surface area contributed by atoms with Crippen LogP contribution in [0.1, 0.15) is 23.1 Å². The zero-order valence-electron chi connectivity index (χ0n) is 23.5. The third-order valence-corrected chi connectivity index (χ3v) is 6.91. The molecular weight excluding hydrogens is 504 g/mol. The van der Waals surface area contributed by atoms with Gasteiger partial charge >= 0.3 is 6.03 Å². The fourth-order valence-electron chi connectivity index (χ4n) is 4.66. The summed E-state index contributed by atoms with van der Waals surface area (Å²) in [6.07, 6.45) is 3.31. The SMILES string of the molecule is COCCCN(CC(=O)N(CCc1c[nH]c2ccccc12)Cc1ccc(C)cc1)C(=O)Nc1ccccc1OC. The summed E-state index contributed by atoms with van der Waals surface area (Å²) in [6, 6.07) is 23.2. The molecule has 2 N–H and O–H groups in total. The molecule has 0 unspecified atom stereocenters. The summed E-state index contributed by atoms with van der Waals surface area (Å²) in [5.41, 5.74) is 4.99. The molecule has 3 aromatic carbocycles. The number of carbonyl (C=O) groups is 2. The van der Waals surface area contributed by atoms with Crippen molar-refractivity contribution in [1.29, 1.82) is 0 Å². The standard InChI is InChI=1S/C32H38N4O4/c1-24-13-15-25(16-14-24)22-35(19-17-26-21-33-28-10-5-4-9-27(26)28)31(37)23-36(18-8-20-39-2)32(38)34-29-11-6-7-12-30(29)40-3/h4-7,9-16,21,33H,8,17-20,22-23H2,1-3H3,(H,34,38). The number of nitrogens with one attached hydrogen (secondary N) is 2. The number of para-hydroxylation sites is 3. The van der Waals surface area contributed by atoms with Crippen LogP contribution in [0, 0.1) is 6.92 Å². The highest BCUT2D eigenvalue weighted by Gasteiger charge is 2.23. The molecule has 0 aliphatic rings. The summed E-state index contributed by atoms with van der Waals surface area (Å²) < 4.78 is 10.6. The van der Waals surface area contributed by atoms with E-state index in [-0.39, 0.29) is 18.5 Å². The smallest absolute Gasteiger partial charge is 0.322 e. The molecule has 4 rings (SSSR count). The first kappa shape index (κ1) is 28.7. The number of H-pyrrole nitrogens is 1. The van der Waals surface area contributed by atoms with E-state index in [1.807, 2.05) is 60.5 Å². The minimum absolute atomic E-state index is 0.0511. The number of aryl methyl sites for hydroxylation is 1. The quantitative estimate of drug-likeness (QED) is 0.215. The number of fused-ring (bicyclic) bond motifs is 1. The summed E-state index contributed by atoms with van der Waals surface area (Å²) in [5.74, 6) is 0.437. The fraction of sp³-hybridized carbons (Fsp3) is 0.312. The zero-order chi connectivity index (χ0) is 28.3. The Morgan fingerprint density at radius 3 is 2.42 bits per heavy atom. The minimum Gasteiger partial charge on any atom is -0.495 e. The molecule has 0 aliphatic heterocycles. The molecule has 40 heavy (non-hydrogen) atoms. The molecule has 8 nitrogen and oxygen atoms in total. The van der Waals surface area contributed by atoms with Crippen LogP contribution in [0.2, 0.25) is 0 Å². The van der Waals surface area contributed by atoms with Gasteiger partial charge in [0, 0.05) is 50.5 Å². The van der Waals surface area contributed by atoms with Crippen molar-refractivity contribution in [3.8, 4) is 5.75 Å². The number of aromatic nitrogens is 1. The number of anilines is 1. The number of hydrogen-bond donors (Lipinski definition) is 2. The number of aromatic amines is 1. The lowest BCUT2D eigenvalue weighted by Gasteiger charge is -2.28.